The summed E-state index contributed by atoms with van der Waals surface area (Å²) in [6, 6.07) is 0.603. The molecule has 4 saturated heterocycles. The molecule has 0 aromatic carbocycles. The second-order valence-corrected chi connectivity index (χ2v) is 57.5. The van der Waals surface area contributed by atoms with Crippen molar-refractivity contribution in [2.45, 2.75) is 70.5 Å². The molecule has 0 aromatic heterocycles. The predicted molar refractivity (Wildman–Crippen MR) is 221 cm³/mol. The number of piperazine rings is 1. The monoisotopic (exact) mass is 1320 g/mol. The Morgan fingerprint density at radius 1 is 0.958 bits per heavy atom. The Hall–Kier alpha value is 1.72. The van der Waals surface area contributed by atoms with Gasteiger partial charge in [-0.1, -0.05) is 0 Å². The van der Waals surface area contributed by atoms with Gasteiger partial charge in [0.15, 0.2) is 0 Å². The van der Waals surface area contributed by atoms with Crippen LogP contribution in [-0.4, -0.2) is 135 Å². The topological polar surface area (TPSA) is 181 Å². The maximum absolute atomic E-state index is 11.2. The third kappa shape index (κ3) is 25.7. The van der Waals surface area contributed by atoms with Gasteiger partial charge in [0.25, 0.3) is 0 Å². The molecule has 48 heavy (non-hydrogen) atoms. The number of carbonyl (C=O) groups is 6. The van der Waals surface area contributed by atoms with Crippen LogP contribution in [0.2, 0.25) is 0 Å². The van der Waals surface area contributed by atoms with E-state index in [9.17, 15) is 28.8 Å². The van der Waals surface area contributed by atoms with E-state index < -0.39 is 0 Å². The van der Waals surface area contributed by atoms with Gasteiger partial charge in [0.1, 0.15) is 6.29 Å². The van der Waals surface area contributed by atoms with E-state index in [1.807, 2.05) is 9.80 Å². The van der Waals surface area contributed by atoms with Gasteiger partial charge in [-0.05, 0) is 38.5 Å². The molecule has 3 amide bonds. The molecule has 3 atom stereocenters. The molecule has 0 aliphatic carbocycles. The van der Waals surface area contributed by atoms with Crippen molar-refractivity contribution >= 4 is 136 Å². The Morgan fingerprint density at radius 3 is 1.92 bits per heavy atom. The van der Waals surface area contributed by atoms with Crippen molar-refractivity contribution in [1.29, 1.82) is 0 Å². The van der Waals surface area contributed by atoms with Gasteiger partial charge in [0.2, 0.25) is 17.7 Å². The summed E-state index contributed by atoms with van der Waals surface area (Å²) in [4.78, 5) is 69.3. The number of amides is 3. The number of carbonyl (C=O) groups excluding carboxylic acids is 6. The van der Waals surface area contributed by atoms with Crippen LogP contribution in [-0.2, 0) is 52.6 Å². The van der Waals surface area contributed by atoms with Crippen molar-refractivity contribution in [3.05, 3.63) is 0 Å². The molecule has 4 rings (SSSR count). The summed E-state index contributed by atoms with van der Waals surface area (Å²) in [6.45, 7) is 8.05. The van der Waals surface area contributed by atoms with Gasteiger partial charge < -0.3 is 45.3 Å². The summed E-state index contributed by atoms with van der Waals surface area (Å²) in [5.41, 5.74) is 4.81. The number of methoxy groups -OCH3 is 2. The number of halogens is 5. The van der Waals surface area contributed by atoms with Gasteiger partial charge in [-0.2, -0.15) is 0 Å². The number of hydrogen-bond donors (Lipinski definition) is 3. The van der Waals surface area contributed by atoms with Crippen LogP contribution in [0.5, 0.6) is 0 Å². The molecule has 4 aliphatic heterocycles. The summed E-state index contributed by atoms with van der Waals surface area (Å²) >= 11 is 12.1. The van der Waals surface area contributed by atoms with E-state index in [4.69, 9.17) is 5.73 Å². The quantitative estimate of drug-likeness (QED) is 0.202. The first kappa shape index (κ1) is 51.8. The van der Waals surface area contributed by atoms with Gasteiger partial charge in [0, 0.05) is 58.7 Å². The van der Waals surface area contributed by atoms with Crippen LogP contribution in [0.3, 0.4) is 0 Å². The SMILES string of the molecule is CC(=O)N1CCC[C@@H]1C=O.COC(=O)CN.COC(=O)CNC[C@H]1CCCN1C(C)=O.O=C1CNC[C@H]2CCCN12.[I][V]([I])[I].[I][V][I]. The number of nitrogens with one attached hydrogen (secondary N) is 2. The normalized spacial score (nSPS) is 20.4. The number of likely N-dealkylation sites (tertiary alicyclic amines) is 2. The van der Waals surface area contributed by atoms with Crippen LogP contribution in [0, 0.1) is 0 Å². The summed E-state index contributed by atoms with van der Waals surface area (Å²) in [5, 5.41) is 6.11. The Morgan fingerprint density at radius 2 is 1.48 bits per heavy atom. The zero-order valence-electron chi connectivity index (χ0n) is 27.7. The van der Waals surface area contributed by atoms with Crippen LogP contribution in [0.4, 0.5) is 0 Å². The predicted octanol–water partition coefficient (Wildman–Crippen LogP) is 3.08. The fourth-order valence-electron chi connectivity index (χ4n) is 5.11. The number of hydrogen-bond acceptors (Lipinski definition) is 11. The van der Waals surface area contributed by atoms with E-state index in [1.54, 1.807) is 11.8 Å². The number of nitrogens with zero attached hydrogens (tertiary/aromatic N) is 3. The molecule has 0 spiro atoms. The minimum atomic E-state index is -0.380. The van der Waals surface area contributed by atoms with Crippen LogP contribution < -0.4 is 16.4 Å². The molecular weight excluding hydrogens is 1270 g/mol. The number of ether oxygens (including phenoxy) is 2. The molecule has 21 heteroatoms. The Balaban J connectivity index is 0. The molecule has 0 saturated carbocycles. The maximum atomic E-state index is 11.2. The fourth-order valence-corrected chi connectivity index (χ4v) is 5.11. The van der Waals surface area contributed by atoms with Gasteiger partial charge in [-0.3, -0.25) is 24.0 Å². The zero-order chi connectivity index (χ0) is 37.1. The van der Waals surface area contributed by atoms with Gasteiger partial charge in [-0.25, -0.2) is 0 Å². The van der Waals surface area contributed by atoms with E-state index in [-0.39, 0.29) is 59.8 Å². The first-order chi connectivity index (χ1) is 22.7. The molecule has 4 aliphatic rings. The van der Waals surface area contributed by atoms with Gasteiger partial charge in [-0.15, -0.1) is 0 Å². The molecule has 0 radical (unpaired) electrons. The van der Waals surface area contributed by atoms with Crippen LogP contribution in [0.25, 0.3) is 0 Å². The van der Waals surface area contributed by atoms with Gasteiger partial charge in [0.05, 0.1) is 39.9 Å². The minimum absolute atomic E-state index is 0.00889. The first-order valence-corrected chi connectivity index (χ1v) is 37.5. The van der Waals surface area contributed by atoms with E-state index in [1.165, 1.54) is 34.0 Å². The molecule has 4 fully saturated rings. The number of nitrogens with two attached hydrogens (primary N) is 1. The van der Waals surface area contributed by atoms with Crippen molar-refractivity contribution in [2.75, 3.05) is 66.6 Å². The second kappa shape index (κ2) is 33.3. The van der Waals surface area contributed by atoms with Crippen LogP contribution >= 0.6 is 99.9 Å². The van der Waals surface area contributed by atoms with Crippen molar-refractivity contribution in [1.82, 2.24) is 25.3 Å². The van der Waals surface area contributed by atoms with Gasteiger partial charge >= 0.3 is 126 Å². The van der Waals surface area contributed by atoms with Crippen molar-refractivity contribution in [3.63, 3.8) is 0 Å². The van der Waals surface area contributed by atoms with E-state index in [2.05, 4.69) is 120 Å². The molecular formula is C27H48I5N6O8V2. The van der Waals surface area contributed by atoms with Crippen LogP contribution in [0.1, 0.15) is 52.4 Å². The molecule has 4 N–H and O–H groups in total. The second-order valence-electron chi connectivity index (χ2n) is 10.3. The summed E-state index contributed by atoms with van der Waals surface area (Å²) in [7, 11) is 3.29. The standard InChI is InChI=1S/C10H18N2O3.C7H12N2O.C7H11NO2.C3H7NO2.5HI.2V/c1-8(13)12-5-3-4-9(12)6-11-7-10(14)15-2;10-7-5-8-4-6-2-1-3-9(6)7;1-6(10)8-4-2-3-7(8)5-9;1-6-3(5)2-4;;;;;;;/h9,11H,3-7H2,1-2H3;6,8H,1-5H2;5,7H,2-4H2,1H3;2,4H2,1H3;5*1H;;/q;;;;;;;;;+2;+3/p-5/t9-;6-;7-;;;;;;;;/m111......../s1. The van der Waals surface area contributed by atoms with E-state index >= 15 is 0 Å². The zero-order valence-corrected chi connectivity index (χ0v) is 41.3. The Labute approximate surface area is 351 Å². The fraction of sp³-hybridized carbons (Fsp3) is 0.778. The number of aldehydes is 1. The third-order valence-corrected chi connectivity index (χ3v) is 7.27. The van der Waals surface area contributed by atoms with E-state index in [0.717, 1.165) is 58.1 Å². The Kier molecular flexibility index (Phi) is 36.0. The molecule has 0 aromatic rings. The molecule has 279 valence electrons. The number of esters is 2. The Bertz CT molecular complexity index is 958. The summed E-state index contributed by atoms with van der Waals surface area (Å²) in [5.74, 6) is -0.252. The summed E-state index contributed by atoms with van der Waals surface area (Å²) < 4.78 is 8.64. The average Bonchev–Trinajstić information content (AvgIpc) is 3.83. The molecule has 4 heterocycles. The first-order valence-electron chi connectivity index (χ1n) is 15.0. The molecule has 0 bridgehead atoms. The van der Waals surface area contributed by atoms with E-state index in [0.29, 0.717) is 28.6 Å². The van der Waals surface area contributed by atoms with Crippen molar-refractivity contribution in [3.8, 4) is 0 Å². The van der Waals surface area contributed by atoms with Crippen molar-refractivity contribution in [2.24, 2.45) is 5.73 Å². The summed E-state index contributed by atoms with van der Waals surface area (Å²) in [6.07, 6.45) is 7.09. The molecule has 14 nitrogen and oxygen atoms in total. The number of fused-ring (bicyclic) bond motifs is 1. The van der Waals surface area contributed by atoms with Crippen molar-refractivity contribution < 1.29 is 52.6 Å². The number of rotatable bonds is 6. The average molecular weight is 1320 g/mol. The van der Waals surface area contributed by atoms with Crippen LogP contribution in [0.15, 0.2) is 0 Å². The third-order valence-electron chi connectivity index (χ3n) is 7.27. The molecule has 0 unspecified atom stereocenters.